The van der Waals surface area contributed by atoms with E-state index in [2.05, 4.69) is 31.4 Å². The first-order valence-electron chi connectivity index (χ1n) is 7.27. The van der Waals surface area contributed by atoms with E-state index in [1.807, 2.05) is 24.4 Å². The molecule has 2 unspecified atom stereocenters. The third-order valence-electron chi connectivity index (χ3n) is 3.27. The van der Waals surface area contributed by atoms with E-state index in [4.69, 9.17) is 0 Å². The van der Waals surface area contributed by atoms with Crippen LogP contribution < -0.4 is 10.6 Å². The predicted molar refractivity (Wildman–Crippen MR) is 92.0 cm³/mol. The highest BCUT2D eigenvalue weighted by molar-refractivity contribution is 7.90. The van der Waals surface area contributed by atoms with E-state index in [0.29, 0.717) is 6.42 Å². The number of nitrogens with one attached hydrogen (secondary N) is 2. The van der Waals surface area contributed by atoms with Crippen molar-refractivity contribution < 1.29 is 13.2 Å². The van der Waals surface area contributed by atoms with Gasteiger partial charge in [0.1, 0.15) is 9.84 Å². The summed E-state index contributed by atoms with van der Waals surface area (Å²) < 4.78 is 22.3. The molecule has 0 aromatic carbocycles. The van der Waals surface area contributed by atoms with Gasteiger partial charge in [-0.25, -0.2) is 13.2 Å². The molecule has 0 aliphatic heterocycles. The van der Waals surface area contributed by atoms with Gasteiger partial charge in [0.15, 0.2) is 0 Å². The predicted octanol–water partition coefficient (Wildman–Crippen LogP) is 2.96. The summed E-state index contributed by atoms with van der Waals surface area (Å²) in [7, 11) is -3.01. The van der Waals surface area contributed by atoms with E-state index in [9.17, 15) is 13.2 Å². The molecule has 0 aliphatic carbocycles. The molecule has 5 nitrogen and oxygen atoms in total. The molecule has 1 heterocycles. The molecule has 0 saturated carbocycles. The van der Waals surface area contributed by atoms with E-state index in [1.165, 1.54) is 6.26 Å². The first-order chi connectivity index (χ1) is 9.99. The van der Waals surface area contributed by atoms with Crippen molar-refractivity contribution >= 4 is 27.2 Å². The second kappa shape index (κ2) is 7.46. The minimum absolute atomic E-state index is 0.0715. The van der Waals surface area contributed by atoms with Crippen molar-refractivity contribution in [1.82, 2.24) is 10.6 Å². The van der Waals surface area contributed by atoms with Gasteiger partial charge >= 0.3 is 6.03 Å². The lowest BCUT2D eigenvalue weighted by Crippen LogP contribution is -2.45. The van der Waals surface area contributed by atoms with E-state index < -0.39 is 9.84 Å². The Morgan fingerprint density at radius 1 is 1.32 bits per heavy atom. The lowest BCUT2D eigenvalue weighted by Gasteiger charge is -2.31. The smallest absolute Gasteiger partial charge is 0.315 e. The van der Waals surface area contributed by atoms with Gasteiger partial charge in [-0.2, -0.15) is 0 Å². The SMILES string of the molecule is CC(CCS(C)(=O)=O)NC(=O)NC(c1cccs1)C(C)(C)C. The molecule has 0 aliphatic rings. The maximum absolute atomic E-state index is 12.2. The van der Waals surface area contributed by atoms with Gasteiger partial charge in [0, 0.05) is 17.2 Å². The highest BCUT2D eigenvalue weighted by Gasteiger charge is 2.28. The standard InChI is InChI=1S/C15H26N2O3S2/c1-11(8-10-22(5,19)20)16-14(18)17-13(15(2,3)4)12-7-6-9-21-12/h6-7,9,11,13H,8,10H2,1-5H3,(H2,16,17,18). The average Bonchev–Trinajstić information content (AvgIpc) is 2.84. The van der Waals surface area contributed by atoms with Crippen molar-refractivity contribution in [3.63, 3.8) is 0 Å². The molecule has 0 spiro atoms. The molecule has 22 heavy (non-hydrogen) atoms. The number of urea groups is 1. The second-order valence-electron chi connectivity index (χ2n) is 6.75. The van der Waals surface area contributed by atoms with Crippen LogP contribution in [0.25, 0.3) is 0 Å². The number of hydrogen-bond donors (Lipinski definition) is 2. The summed E-state index contributed by atoms with van der Waals surface area (Å²) >= 11 is 1.61. The van der Waals surface area contributed by atoms with E-state index in [-0.39, 0.29) is 29.3 Å². The molecule has 2 atom stereocenters. The third kappa shape index (κ3) is 6.79. The molecular formula is C15H26N2O3S2. The molecule has 1 rings (SSSR count). The van der Waals surface area contributed by atoms with Crippen LogP contribution in [0.1, 0.15) is 45.0 Å². The Morgan fingerprint density at radius 2 is 1.95 bits per heavy atom. The van der Waals surface area contributed by atoms with Crippen LogP contribution in [0.2, 0.25) is 0 Å². The summed E-state index contributed by atoms with van der Waals surface area (Å²) in [6.07, 6.45) is 1.61. The molecule has 2 N–H and O–H groups in total. The molecule has 0 fully saturated rings. The molecule has 0 bridgehead atoms. The topological polar surface area (TPSA) is 75.3 Å². The van der Waals surface area contributed by atoms with E-state index in [1.54, 1.807) is 11.3 Å². The van der Waals surface area contributed by atoms with Crippen LogP contribution in [0.15, 0.2) is 17.5 Å². The summed E-state index contributed by atoms with van der Waals surface area (Å²) in [5.74, 6) is 0.0715. The molecule has 0 saturated heterocycles. The van der Waals surface area contributed by atoms with Crippen molar-refractivity contribution in [2.75, 3.05) is 12.0 Å². The summed E-state index contributed by atoms with van der Waals surface area (Å²) in [5, 5.41) is 7.79. The van der Waals surface area contributed by atoms with Crippen molar-refractivity contribution in [2.45, 2.75) is 46.2 Å². The van der Waals surface area contributed by atoms with Crippen molar-refractivity contribution in [3.8, 4) is 0 Å². The Hall–Kier alpha value is -1.08. The Labute approximate surface area is 137 Å². The minimum Gasteiger partial charge on any atom is -0.336 e. The van der Waals surface area contributed by atoms with Crippen LogP contribution in [0.4, 0.5) is 4.79 Å². The van der Waals surface area contributed by atoms with Crippen LogP contribution in [0, 0.1) is 5.41 Å². The zero-order chi connectivity index (χ0) is 17.0. The first kappa shape index (κ1) is 19.0. The monoisotopic (exact) mass is 346 g/mol. The number of carbonyl (C=O) groups is 1. The Morgan fingerprint density at radius 3 is 2.41 bits per heavy atom. The van der Waals surface area contributed by atoms with Crippen molar-refractivity contribution in [1.29, 1.82) is 0 Å². The number of hydrogen-bond acceptors (Lipinski definition) is 4. The zero-order valence-electron chi connectivity index (χ0n) is 13.8. The maximum atomic E-state index is 12.2. The van der Waals surface area contributed by atoms with Gasteiger partial charge in [-0.3, -0.25) is 0 Å². The number of carbonyl (C=O) groups excluding carboxylic acids is 1. The summed E-state index contributed by atoms with van der Waals surface area (Å²) in [5.41, 5.74) is -0.113. The first-order valence-corrected chi connectivity index (χ1v) is 10.2. The largest absolute Gasteiger partial charge is 0.336 e. The molecule has 1 aromatic heterocycles. The lowest BCUT2D eigenvalue weighted by atomic mass is 9.86. The van der Waals surface area contributed by atoms with Gasteiger partial charge in [0.05, 0.1) is 11.8 Å². The third-order valence-corrected chi connectivity index (χ3v) is 5.18. The number of thiophene rings is 1. The maximum Gasteiger partial charge on any atom is 0.315 e. The second-order valence-corrected chi connectivity index (χ2v) is 9.99. The Kier molecular flexibility index (Phi) is 6.43. The normalized spacial score (nSPS) is 15.1. The number of sulfone groups is 1. The van der Waals surface area contributed by atoms with E-state index in [0.717, 1.165) is 4.88 Å². The zero-order valence-corrected chi connectivity index (χ0v) is 15.5. The van der Waals surface area contributed by atoms with E-state index >= 15 is 0 Å². The summed E-state index contributed by atoms with van der Waals surface area (Å²) in [6.45, 7) is 8.03. The van der Waals surface area contributed by atoms with Gasteiger partial charge in [-0.15, -0.1) is 11.3 Å². The summed E-state index contributed by atoms with van der Waals surface area (Å²) in [6, 6.07) is 3.42. The molecular weight excluding hydrogens is 320 g/mol. The van der Waals surface area contributed by atoms with Crippen molar-refractivity contribution in [2.24, 2.45) is 5.41 Å². The van der Waals surface area contributed by atoms with Crippen molar-refractivity contribution in [3.05, 3.63) is 22.4 Å². The number of amides is 2. The van der Waals surface area contributed by atoms with Gasteiger partial charge < -0.3 is 10.6 Å². The van der Waals surface area contributed by atoms with Crippen LogP contribution >= 0.6 is 11.3 Å². The van der Waals surface area contributed by atoms with Crippen LogP contribution in [0.3, 0.4) is 0 Å². The Balaban J connectivity index is 2.61. The minimum atomic E-state index is -3.01. The number of rotatable bonds is 6. The average molecular weight is 347 g/mol. The molecule has 2 amide bonds. The quantitative estimate of drug-likeness (QED) is 0.831. The fraction of sp³-hybridized carbons (Fsp3) is 0.667. The Bertz CT molecular complexity index is 574. The molecule has 7 heteroatoms. The van der Waals surface area contributed by atoms with Crippen LogP contribution in [-0.2, 0) is 9.84 Å². The highest BCUT2D eigenvalue weighted by Crippen LogP contribution is 2.34. The molecule has 1 aromatic rings. The summed E-state index contributed by atoms with van der Waals surface area (Å²) in [4.78, 5) is 13.3. The van der Waals surface area contributed by atoms with Gasteiger partial charge in [-0.1, -0.05) is 26.8 Å². The fourth-order valence-electron chi connectivity index (χ4n) is 2.03. The molecule has 0 radical (unpaired) electrons. The fourth-order valence-corrected chi connectivity index (χ4v) is 3.83. The van der Waals surface area contributed by atoms with Gasteiger partial charge in [0.25, 0.3) is 0 Å². The molecule has 126 valence electrons. The highest BCUT2D eigenvalue weighted by atomic mass is 32.2. The lowest BCUT2D eigenvalue weighted by molar-refractivity contribution is 0.216. The van der Waals surface area contributed by atoms with Gasteiger partial charge in [-0.05, 0) is 30.2 Å². The van der Waals surface area contributed by atoms with Gasteiger partial charge in [0.2, 0.25) is 0 Å². The van der Waals surface area contributed by atoms with Crippen LogP contribution in [0.5, 0.6) is 0 Å². The van der Waals surface area contributed by atoms with Crippen LogP contribution in [-0.4, -0.2) is 32.5 Å².